The second-order valence-electron chi connectivity index (χ2n) is 5.66. The Balaban J connectivity index is 1.88. The molecule has 3 rings (SSSR count). The molecule has 0 bridgehead atoms. The maximum atomic E-state index is 14.1. The van der Waals surface area contributed by atoms with Crippen LogP contribution < -0.4 is 5.32 Å². The lowest BCUT2D eigenvalue weighted by atomic mass is 9.90. The van der Waals surface area contributed by atoms with E-state index in [0.29, 0.717) is 5.92 Å². The maximum Gasteiger partial charge on any atom is 0.217 e. The van der Waals surface area contributed by atoms with Gasteiger partial charge < -0.3 is 5.32 Å². The van der Waals surface area contributed by atoms with Crippen molar-refractivity contribution in [1.82, 2.24) is 15.2 Å². The fourth-order valence-electron chi connectivity index (χ4n) is 3.60. The molecule has 4 heteroatoms. The van der Waals surface area contributed by atoms with Gasteiger partial charge in [0, 0.05) is 44.0 Å². The molecule has 1 saturated carbocycles. The molecule has 0 unspecified atom stereocenters. The Labute approximate surface area is 114 Å². The number of hydrogen-bond donors (Lipinski definition) is 1. The first-order valence-corrected chi connectivity index (χ1v) is 7.41. The lowest BCUT2D eigenvalue weighted by molar-refractivity contribution is 0.122. The molecule has 1 aliphatic heterocycles. The minimum atomic E-state index is -0.280. The zero-order valence-corrected chi connectivity index (χ0v) is 11.3. The summed E-state index contributed by atoms with van der Waals surface area (Å²) in [4.78, 5) is 6.31. The van der Waals surface area contributed by atoms with Crippen LogP contribution in [0.2, 0.25) is 0 Å². The summed E-state index contributed by atoms with van der Waals surface area (Å²) in [5.74, 6) is 0.315. The van der Waals surface area contributed by atoms with Gasteiger partial charge in [0.1, 0.15) is 0 Å². The third-order valence-corrected chi connectivity index (χ3v) is 4.50. The zero-order chi connectivity index (χ0) is 13.1. The third kappa shape index (κ3) is 2.79. The Hall–Kier alpha value is -1.00. The van der Waals surface area contributed by atoms with E-state index in [-0.39, 0.29) is 12.0 Å². The summed E-state index contributed by atoms with van der Waals surface area (Å²) < 4.78 is 14.1. The van der Waals surface area contributed by atoms with E-state index in [1.165, 1.54) is 25.7 Å². The normalized spacial score (nSPS) is 23.6. The lowest BCUT2D eigenvalue weighted by Gasteiger charge is -2.38. The molecule has 104 valence electrons. The van der Waals surface area contributed by atoms with Gasteiger partial charge in [-0.05, 0) is 24.8 Å². The minimum absolute atomic E-state index is 0.221. The number of pyridine rings is 1. The van der Waals surface area contributed by atoms with Gasteiger partial charge in [-0.1, -0.05) is 18.9 Å². The number of halogens is 1. The molecule has 0 aromatic carbocycles. The third-order valence-electron chi connectivity index (χ3n) is 4.50. The Morgan fingerprint density at radius 1 is 1.26 bits per heavy atom. The Bertz CT molecular complexity index is 412. The van der Waals surface area contributed by atoms with Crippen molar-refractivity contribution in [2.24, 2.45) is 5.92 Å². The van der Waals surface area contributed by atoms with E-state index in [1.807, 2.05) is 12.1 Å². The van der Waals surface area contributed by atoms with E-state index < -0.39 is 0 Å². The second kappa shape index (κ2) is 5.97. The minimum Gasteiger partial charge on any atom is -0.314 e. The molecule has 2 fully saturated rings. The molecule has 0 spiro atoms. The second-order valence-corrected chi connectivity index (χ2v) is 5.66. The summed E-state index contributed by atoms with van der Waals surface area (Å²) in [6.45, 7) is 4.03. The Kier molecular flexibility index (Phi) is 4.09. The zero-order valence-electron chi connectivity index (χ0n) is 11.3. The summed E-state index contributed by atoms with van der Waals surface area (Å²) in [6.07, 6.45) is 6.57. The van der Waals surface area contributed by atoms with Crippen LogP contribution >= 0.6 is 0 Å². The van der Waals surface area contributed by atoms with Crippen molar-refractivity contribution in [2.75, 3.05) is 26.2 Å². The fourth-order valence-corrected chi connectivity index (χ4v) is 3.60. The van der Waals surface area contributed by atoms with Crippen LogP contribution in [-0.2, 0) is 0 Å². The standard InChI is InChI=1S/C15H22FN3/c16-15-13(6-3-7-18-15)14(12-4-1-2-5-12)19-10-8-17-9-11-19/h3,6-7,12,14,17H,1-2,4-5,8-11H2/t14-/m0/s1. The van der Waals surface area contributed by atoms with E-state index in [2.05, 4.69) is 15.2 Å². The molecule has 1 aromatic rings. The topological polar surface area (TPSA) is 28.2 Å². The summed E-state index contributed by atoms with van der Waals surface area (Å²) >= 11 is 0. The van der Waals surface area contributed by atoms with Crippen LogP contribution in [0.5, 0.6) is 0 Å². The molecule has 2 heterocycles. The SMILES string of the molecule is Fc1ncccc1[C@H](C1CCCC1)N1CCNCC1. The van der Waals surface area contributed by atoms with Crippen molar-refractivity contribution >= 4 is 0 Å². The molecular weight excluding hydrogens is 241 g/mol. The molecule has 0 amide bonds. The molecule has 1 aliphatic carbocycles. The van der Waals surface area contributed by atoms with Crippen molar-refractivity contribution in [3.05, 3.63) is 29.8 Å². The molecule has 1 aromatic heterocycles. The van der Waals surface area contributed by atoms with Crippen LogP contribution in [0.15, 0.2) is 18.3 Å². The van der Waals surface area contributed by atoms with Crippen molar-refractivity contribution < 1.29 is 4.39 Å². The molecule has 1 N–H and O–H groups in total. The summed E-state index contributed by atoms with van der Waals surface area (Å²) in [6, 6.07) is 4.01. The summed E-state index contributed by atoms with van der Waals surface area (Å²) in [5, 5.41) is 3.38. The van der Waals surface area contributed by atoms with Gasteiger partial charge in [-0.15, -0.1) is 0 Å². The molecule has 0 radical (unpaired) electrons. The van der Waals surface area contributed by atoms with Gasteiger partial charge in [-0.25, -0.2) is 4.98 Å². The van der Waals surface area contributed by atoms with E-state index in [0.717, 1.165) is 31.7 Å². The van der Waals surface area contributed by atoms with Crippen LogP contribution in [-0.4, -0.2) is 36.1 Å². The summed E-state index contributed by atoms with van der Waals surface area (Å²) in [5.41, 5.74) is 0.802. The lowest BCUT2D eigenvalue weighted by Crippen LogP contribution is -2.47. The van der Waals surface area contributed by atoms with Crippen molar-refractivity contribution in [2.45, 2.75) is 31.7 Å². The van der Waals surface area contributed by atoms with Gasteiger partial charge in [0.15, 0.2) is 0 Å². The first-order valence-electron chi connectivity index (χ1n) is 7.41. The highest BCUT2D eigenvalue weighted by molar-refractivity contribution is 5.18. The predicted molar refractivity (Wildman–Crippen MR) is 73.3 cm³/mol. The molecule has 1 atom stereocenters. The molecule has 1 saturated heterocycles. The van der Waals surface area contributed by atoms with Crippen molar-refractivity contribution in [1.29, 1.82) is 0 Å². The van der Waals surface area contributed by atoms with E-state index in [1.54, 1.807) is 6.20 Å². The Morgan fingerprint density at radius 3 is 2.68 bits per heavy atom. The highest BCUT2D eigenvalue weighted by Crippen LogP contribution is 2.40. The van der Waals surface area contributed by atoms with Crippen molar-refractivity contribution in [3.8, 4) is 0 Å². The predicted octanol–water partition coefficient (Wildman–Crippen LogP) is 2.36. The highest BCUT2D eigenvalue weighted by Gasteiger charge is 2.33. The first kappa shape index (κ1) is 13.0. The van der Waals surface area contributed by atoms with Gasteiger partial charge in [0.25, 0.3) is 0 Å². The number of aromatic nitrogens is 1. The number of hydrogen-bond acceptors (Lipinski definition) is 3. The van der Waals surface area contributed by atoms with Crippen LogP contribution in [0.4, 0.5) is 4.39 Å². The summed E-state index contributed by atoms with van der Waals surface area (Å²) in [7, 11) is 0. The highest BCUT2D eigenvalue weighted by atomic mass is 19.1. The smallest absolute Gasteiger partial charge is 0.217 e. The fraction of sp³-hybridized carbons (Fsp3) is 0.667. The quantitative estimate of drug-likeness (QED) is 0.849. The van der Waals surface area contributed by atoms with Gasteiger partial charge in [0.05, 0.1) is 0 Å². The molecule has 2 aliphatic rings. The monoisotopic (exact) mass is 263 g/mol. The number of nitrogens with one attached hydrogen (secondary N) is 1. The molecular formula is C15H22FN3. The van der Waals surface area contributed by atoms with Crippen LogP contribution in [0.1, 0.15) is 37.3 Å². The largest absolute Gasteiger partial charge is 0.314 e. The molecule has 19 heavy (non-hydrogen) atoms. The van der Waals surface area contributed by atoms with Gasteiger partial charge in [0.2, 0.25) is 5.95 Å². The Morgan fingerprint density at radius 2 is 2.00 bits per heavy atom. The van der Waals surface area contributed by atoms with Gasteiger partial charge in [-0.3, -0.25) is 4.90 Å². The average molecular weight is 263 g/mol. The van der Waals surface area contributed by atoms with E-state index in [9.17, 15) is 4.39 Å². The van der Waals surface area contributed by atoms with Crippen LogP contribution in [0.3, 0.4) is 0 Å². The van der Waals surface area contributed by atoms with Gasteiger partial charge >= 0.3 is 0 Å². The average Bonchev–Trinajstić information content (AvgIpc) is 2.96. The number of piperazine rings is 1. The number of rotatable bonds is 3. The first-order chi connectivity index (χ1) is 9.36. The number of nitrogens with zero attached hydrogens (tertiary/aromatic N) is 2. The van der Waals surface area contributed by atoms with Crippen molar-refractivity contribution in [3.63, 3.8) is 0 Å². The van der Waals surface area contributed by atoms with E-state index >= 15 is 0 Å². The van der Waals surface area contributed by atoms with E-state index in [4.69, 9.17) is 0 Å². The van der Waals surface area contributed by atoms with Crippen LogP contribution in [0, 0.1) is 11.9 Å². The maximum absolute atomic E-state index is 14.1. The van der Waals surface area contributed by atoms with Crippen LogP contribution in [0.25, 0.3) is 0 Å². The van der Waals surface area contributed by atoms with Gasteiger partial charge in [-0.2, -0.15) is 4.39 Å². The molecule has 3 nitrogen and oxygen atoms in total.